The van der Waals surface area contributed by atoms with E-state index >= 15 is 0 Å². The molecular formula is C18H14ClN3O3S. The lowest BCUT2D eigenvalue weighted by molar-refractivity contribution is -0.384. The van der Waals surface area contributed by atoms with Crippen molar-refractivity contribution >= 4 is 46.1 Å². The first-order chi connectivity index (χ1) is 12.4. The van der Waals surface area contributed by atoms with E-state index in [4.69, 9.17) is 23.8 Å². The number of nitro groups is 1. The van der Waals surface area contributed by atoms with Gasteiger partial charge in [-0.2, -0.15) is 0 Å². The molecular weight excluding hydrogens is 374 g/mol. The zero-order valence-corrected chi connectivity index (χ0v) is 15.2. The van der Waals surface area contributed by atoms with Crippen LogP contribution in [0.1, 0.15) is 24.1 Å². The van der Waals surface area contributed by atoms with Crippen LogP contribution in [0.25, 0.3) is 5.70 Å². The molecule has 132 valence electrons. The number of ketones is 1. The third-order valence-corrected chi connectivity index (χ3v) is 4.55. The average molecular weight is 388 g/mol. The van der Waals surface area contributed by atoms with Gasteiger partial charge >= 0.3 is 0 Å². The van der Waals surface area contributed by atoms with Gasteiger partial charge in [-0.05, 0) is 36.3 Å². The molecule has 0 amide bonds. The first-order valence-electron chi connectivity index (χ1n) is 7.70. The average Bonchev–Trinajstić information content (AvgIpc) is 2.61. The number of rotatable bonds is 4. The summed E-state index contributed by atoms with van der Waals surface area (Å²) in [6.07, 6.45) is 0. The zero-order valence-electron chi connectivity index (χ0n) is 13.7. The summed E-state index contributed by atoms with van der Waals surface area (Å²) >= 11 is 11.2. The Morgan fingerprint density at radius 1 is 1.23 bits per heavy atom. The number of nitrogens with one attached hydrogen (secondary N) is 2. The predicted octanol–water partition coefficient (Wildman–Crippen LogP) is 3.77. The van der Waals surface area contributed by atoms with Crippen molar-refractivity contribution in [2.24, 2.45) is 0 Å². The number of benzene rings is 2. The molecule has 6 nitrogen and oxygen atoms in total. The molecule has 0 radical (unpaired) electrons. The molecule has 0 unspecified atom stereocenters. The highest BCUT2D eigenvalue weighted by molar-refractivity contribution is 7.80. The van der Waals surface area contributed by atoms with Gasteiger partial charge in [0.2, 0.25) is 0 Å². The number of nitro benzene ring substituents is 1. The molecule has 2 aromatic rings. The minimum absolute atomic E-state index is 0.0342. The lowest BCUT2D eigenvalue weighted by atomic mass is 9.90. The molecule has 3 rings (SSSR count). The molecule has 1 aliphatic heterocycles. The van der Waals surface area contributed by atoms with Gasteiger partial charge in [-0.1, -0.05) is 48.0 Å². The molecule has 8 heteroatoms. The van der Waals surface area contributed by atoms with Crippen LogP contribution in [0, 0.1) is 10.1 Å². The Bertz CT molecular complexity index is 944. The second-order valence-corrected chi connectivity index (χ2v) is 6.53. The summed E-state index contributed by atoms with van der Waals surface area (Å²) in [6.45, 7) is 1.45. The molecule has 0 aliphatic carbocycles. The van der Waals surface area contributed by atoms with Crippen LogP contribution in [0.15, 0.2) is 54.1 Å². The summed E-state index contributed by atoms with van der Waals surface area (Å²) in [6, 6.07) is 13.1. The minimum atomic E-state index is -0.618. The summed E-state index contributed by atoms with van der Waals surface area (Å²) < 4.78 is 0. The highest BCUT2D eigenvalue weighted by atomic mass is 35.5. The third-order valence-electron chi connectivity index (χ3n) is 4.01. The third kappa shape index (κ3) is 3.44. The highest BCUT2D eigenvalue weighted by Crippen LogP contribution is 2.35. The molecule has 2 N–H and O–H groups in total. The zero-order chi connectivity index (χ0) is 18.8. The summed E-state index contributed by atoms with van der Waals surface area (Å²) in [5, 5.41) is 17.6. The molecule has 1 heterocycles. The topological polar surface area (TPSA) is 84.3 Å². The second kappa shape index (κ2) is 7.23. The Kier molecular flexibility index (Phi) is 5.01. The molecule has 1 atom stereocenters. The Labute approximate surface area is 160 Å². The van der Waals surface area contributed by atoms with Crippen molar-refractivity contribution in [1.29, 1.82) is 0 Å². The van der Waals surface area contributed by atoms with E-state index in [2.05, 4.69) is 10.6 Å². The van der Waals surface area contributed by atoms with E-state index in [1.54, 1.807) is 6.07 Å². The van der Waals surface area contributed by atoms with Crippen molar-refractivity contribution in [3.05, 3.63) is 80.4 Å². The molecule has 26 heavy (non-hydrogen) atoms. The summed E-state index contributed by atoms with van der Waals surface area (Å²) in [5.74, 6) is -0.172. The number of Topliss-reactive ketones (excluding diaryl/α,β-unsaturated/α-hetero) is 1. The van der Waals surface area contributed by atoms with Crippen molar-refractivity contribution < 1.29 is 9.72 Å². The number of carbonyl (C=O) groups is 1. The quantitative estimate of drug-likeness (QED) is 0.472. The van der Waals surface area contributed by atoms with Gasteiger partial charge in [0.15, 0.2) is 10.9 Å². The van der Waals surface area contributed by atoms with Crippen molar-refractivity contribution in [2.75, 3.05) is 0 Å². The van der Waals surface area contributed by atoms with Gasteiger partial charge in [0.25, 0.3) is 5.69 Å². The molecule has 0 aromatic heterocycles. The van der Waals surface area contributed by atoms with Crippen LogP contribution in [0.5, 0.6) is 0 Å². The van der Waals surface area contributed by atoms with Gasteiger partial charge in [0.05, 0.1) is 16.7 Å². The minimum Gasteiger partial charge on any atom is -0.351 e. The normalized spacial score (nSPS) is 16.7. The summed E-state index contributed by atoms with van der Waals surface area (Å²) in [7, 11) is 0. The molecule has 0 bridgehead atoms. The first kappa shape index (κ1) is 18.0. The van der Waals surface area contributed by atoms with E-state index in [9.17, 15) is 14.9 Å². The Hall–Kier alpha value is -2.77. The number of nitrogens with zero attached hydrogens (tertiary/aromatic N) is 1. The number of carbonyl (C=O) groups excluding carboxylic acids is 1. The van der Waals surface area contributed by atoms with Crippen molar-refractivity contribution in [2.45, 2.75) is 13.0 Å². The van der Waals surface area contributed by atoms with Crippen LogP contribution in [0.2, 0.25) is 5.02 Å². The molecule has 0 saturated carbocycles. The van der Waals surface area contributed by atoms with Crippen molar-refractivity contribution in [3.8, 4) is 0 Å². The molecule has 1 aliphatic rings. The van der Waals surface area contributed by atoms with E-state index < -0.39 is 11.0 Å². The molecule has 2 aromatic carbocycles. The largest absolute Gasteiger partial charge is 0.351 e. The van der Waals surface area contributed by atoms with E-state index in [1.807, 2.05) is 30.3 Å². The van der Waals surface area contributed by atoms with Crippen molar-refractivity contribution in [1.82, 2.24) is 10.6 Å². The maximum Gasteiger partial charge on any atom is 0.288 e. The van der Waals surface area contributed by atoms with Crippen molar-refractivity contribution in [3.63, 3.8) is 0 Å². The summed E-state index contributed by atoms with van der Waals surface area (Å²) in [5.41, 5.74) is 2.14. The number of thiocarbonyl (C=S) groups is 1. The predicted molar refractivity (Wildman–Crippen MR) is 104 cm³/mol. The van der Waals surface area contributed by atoms with E-state index in [0.717, 1.165) is 5.56 Å². The molecule has 0 spiro atoms. The van der Waals surface area contributed by atoms with Gasteiger partial charge in [-0.15, -0.1) is 0 Å². The Morgan fingerprint density at radius 3 is 2.54 bits per heavy atom. The number of halogens is 1. The summed E-state index contributed by atoms with van der Waals surface area (Å²) in [4.78, 5) is 23.1. The monoisotopic (exact) mass is 387 g/mol. The highest BCUT2D eigenvalue weighted by Gasteiger charge is 2.31. The van der Waals surface area contributed by atoms with Crippen LogP contribution in [-0.2, 0) is 4.79 Å². The first-order valence-corrected chi connectivity index (χ1v) is 8.49. The van der Waals surface area contributed by atoms with Crippen LogP contribution in [0.3, 0.4) is 0 Å². The molecule has 0 saturated heterocycles. The SMILES string of the molecule is CC(=O)C1=C(c2ccccc2)NC(=S)N[C@@H]1c1ccc(Cl)c([N+](=O)[O-])c1. The Morgan fingerprint density at radius 2 is 1.92 bits per heavy atom. The maximum absolute atomic E-state index is 12.4. The van der Waals surface area contributed by atoms with E-state index in [0.29, 0.717) is 21.9 Å². The van der Waals surface area contributed by atoms with Crippen LogP contribution >= 0.6 is 23.8 Å². The number of hydrogen-bond donors (Lipinski definition) is 2. The van der Waals surface area contributed by atoms with Gasteiger partial charge in [0.1, 0.15) is 5.02 Å². The van der Waals surface area contributed by atoms with Gasteiger partial charge in [-0.3, -0.25) is 14.9 Å². The second-order valence-electron chi connectivity index (χ2n) is 5.71. The van der Waals surface area contributed by atoms with E-state index in [-0.39, 0.29) is 16.5 Å². The van der Waals surface area contributed by atoms with Gasteiger partial charge in [-0.25, -0.2) is 0 Å². The lowest BCUT2D eigenvalue weighted by Crippen LogP contribution is -2.44. The fourth-order valence-electron chi connectivity index (χ4n) is 2.88. The smallest absolute Gasteiger partial charge is 0.288 e. The van der Waals surface area contributed by atoms with E-state index in [1.165, 1.54) is 19.1 Å². The van der Waals surface area contributed by atoms with Gasteiger partial charge < -0.3 is 10.6 Å². The maximum atomic E-state index is 12.4. The Balaban J connectivity index is 2.19. The van der Waals surface area contributed by atoms with Crippen LogP contribution in [-0.4, -0.2) is 15.8 Å². The van der Waals surface area contributed by atoms with Gasteiger partial charge in [0, 0.05) is 11.6 Å². The van der Waals surface area contributed by atoms with Crippen LogP contribution in [0.4, 0.5) is 5.69 Å². The number of hydrogen-bond acceptors (Lipinski definition) is 4. The molecule has 0 fully saturated rings. The standard InChI is InChI=1S/C18H14ClN3O3S/c1-10(23)15-16(11-5-3-2-4-6-11)20-18(26)21-17(15)12-7-8-13(19)14(9-12)22(24)25/h2-9,17H,1H3,(H2,20,21,26)/t17-/m1/s1. The fraction of sp³-hybridized carbons (Fsp3) is 0.111. The van der Waals surface area contributed by atoms with Crippen LogP contribution < -0.4 is 10.6 Å². The fourth-order valence-corrected chi connectivity index (χ4v) is 3.28. The lowest BCUT2D eigenvalue weighted by Gasteiger charge is -2.31.